The van der Waals surface area contributed by atoms with Gasteiger partial charge in [0.15, 0.2) is 0 Å². The number of phenolic OH excluding ortho intramolecular Hbond substituents is 1. The van der Waals surface area contributed by atoms with E-state index in [9.17, 15) is 5.11 Å². The zero-order valence-electron chi connectivity index (χ0n) is 9.82. The third kappa shape index (κ3) is 2.77. The van der Waals surface area contributed by atoms with Gasteiger partial charge < -0.3 is 10.9 Å². The van der Waals surface area contributed by atoms with Gasteiger partial charge in [-0.3, -0.25) is 0 Å². The Labute approximate surface area is 106 Å². The average Bonchev–Trinajstić information content (AvgIpc) is 2.42. The van der Waals surface area contributed by atoms with Gasteiger partial charge >= 0.3 is 0 Å². The van der Waals surface area contributed by atoms with Gasteiger partial charge in [-0.15, -0.1) is 0 Å². The van der Waals surface area contributed by atoms with Crippen LogP contribution in [0.1, 0.15) is 11.1 Å². The van der Waals surface area contributed by atoms with Gasteiger partial charge in [-0.05, 0) is 23.8 Å². The fourth-order valence-corrected chi connectivity index (χ4v) is 1.63. The summed E-state index contributed by atoms with van der Waals surface area (Å²) in [6, 6.07) is 16.8. The van der Waals surface area contributed by atoms with Crippen LogP contribution in [0.5, 0.6) is 5.75 Å². The number of hydrazone groups is 1. The van der Waals surface area contributed by atoms with Crippen LogP contribution >= 0.6 is 0 Å². The SMILES string of the molecule is NN=C(/C=C\c1ccccc1)c1ccccc1O. The molecule has 0 unspecified atom stereocenters. The van der Waals surface area contributed by atoms with E-state index >= 15 is 0 Å². The fraction of sp³-hybridized carbons (Fsp3) is 0. The van der Waals surface area contributed by atoms with Crippen LogP contribution in [0.15, 0.2) is 65.8 Å². The number of benzene rings is 2. The zero-order chi connectivity index (χ0) is 12.8. The zero-order valence-corrected chi connectivity index (χ0v) is 9.82. The second-order valence-corrected chi connectivity index (χ2v) is 3.78. The molecule has 0 atom stereocenters. The minimum absolute atomic E-state index is 0.166. The van der Waals surface area contributed by atoms with Crippen molar-refractivity contribution in [2.24, 2.45) is 10.9 Å². The van der Waals surface area contributed by atoms with E-state index in [-0.39, 0.29) is 5.75 Å². The van der Waals surface area contributed by atoms with Crippen LogP contribution in [0.25, 0.3) is 6.08 Å². The first-order chi connectivity index (χ1) is 8.81. The molecule has 3 heteroatoms. The smallest absolute Gasteiger partial charge is 0.125 e. The number of phenols is 1. The Bertz CT molecular complexity index is 574. The van der Waals surface area contributed by atoms with Gasteiger partial charge in [-0.1, -0.05) is 48.5 Å². The first kappa shape index (κ1) is 11.9. The summed E-state index contributed by atoms with van der Waals surface area (Å²) >= 11 is 0. The molecular weight excluding hydrogens is 224 g/mol. The molecule has 0 bridgehead atoms. The topological polar surface area (TPSA) is 58.6 Å². The molecule has 2 aromatic carbocycles. The third-order valence-electron chi connectivity index (χ3n) is 2.55. The normalized spacial score (nSPS) is 11.9. The Morgan fingerprint density at radius 1 is 1.00 bits per heavy atom. The van der Waals surface area contributed by atoms with Crippen LogP contribution in [0, 0.1) is 0 Å². The van der Waals surface area contributed by atoms with E-state index in [1.807, 2.05) is 42.5 Å². The number of nitrogens with two attached hydrogens (primary N) is 1. The van der Waals surface area contributed by atoms with Gasteiger partial charge in [0, 0.05) is 5.56 Å². The molecule has 0 radical (unpaired) electrons. The number of nitrogens with zero attached hydrogens (tertiary/aromatic N) is 1. The van der Waals surface area contributed by atoms with E-state index in [4.69, 9.17) is 5.84 Å². The highest BCUT2D eigenvalue weighted by atomic mass is 16.3. The molecule has 0 saturated heterocycles. The van der Waals surface area contributed by atoms with Crippen molar-refractivity contribution in [3.8, 4) is 5.75 Å². The van der Waals surface area contributed by atoms with Gasteiger partial charge in [0.05, 0.1) is 5.71 Å². The molecule has 90 valence electrons. The standard InChI is InChI=1S/C15H14N2O/c16-17-14(13-8-4-5-9-15(13)18)11-10-12-6-2-1-3-7-12/h1-11,18H,16H2/b11-10-,17-14?. The number of para-hydroxylation sites is 1. The van der Waals surface area contributed by atoms with E-state index in [0.29, 0.717) is 11.3 Å². The maximum Gasteiger partial charge on any atom is 0.125 e. The lowest BCUT2D eigenvalue weighted by atomic mass is 10.1. The maximum atomic E-state index is 9.74. The molecule has 0 aliphatic carbocycles. The highest BCUT2D eigenvalue weighted by Gasteiger charge is 2.04. The van der Waals surface area contributed by atoms with E-state index in [1.165, 1.54) is 0 Å². The van der Waals surface area contributed by atoms with Gasteiger partial charge in [-0.25, -0.2) is 0 Å². The largest absolute Gasteiger partial charge is 0.507 e. The molecule has 2 rings (SSSR count). The molecule has 0 spiro atoms. The van der Waals surface area contributed by atoms with Gasteiger partial charge in [0.1, 0.15) is 5.75 Å². The Morgan fingerprint density at radius 3 is 2.33 bits per heavy atom. The summed E-state index contributed by atoms with van der Waals surface area (Å²) in [7, 11) is 0. The molecule has 0 fully saturated rings. The third-order valence-corrected chi connectivity index (χ3v) is 2.55. The molecule has 0 aliphatic rings. The molecule has 0 heterocycles. The average molecular weight is 238 g/mol. The van der Waals surface area contributed by atoms with Crippen molar-refractivity contribution in [3.63, 3.8) is 0 Å². The number of allylic oxidation sites excluding steroid dienone is 1. The summed E-state index contributed by atoms with van der Waals surface area (Å²) in [4.78, 5) is 0. The highest BCUT2D eigenvalue weighted by molar-refractivity contribution is 6.12. The quantitative estimate of drug-likeness (QED) is 0.490. The summed E-state index contributed by atoms with van der Waals surface area (Å²) in [5.74, 6) is 5.53. The number of hydrogen-bond donors (Lipinski definition) is 2. The second kappa shape index (κ2) is 5.68. The number of aromatic hydroxyl groups is 1. The monoisotopic (exact) mass is 238 g/mol. The minimum Gasteiger partial charge on any atom is -0.507 e. The van der Waals surface area contributed by atoms with Crippen LogP contribution in [0.3, 0.4) is 0 Å². The highest BCUT2D eigenvalue weighted by Crippen LogP contribution is 2.17. The molecule has 0 amide bonds. The predicted molar refractivity (Wildman–Crippen MR) is 74.3 cm³/mol. The second-order valence-electron chi connectivity index (χ2n) is 3.78. The first-order valence-corrected chi connectivity index (χ1v) is 5.60. The van der Waals surface area contributed by atoms with E-state index in [1.54, 1.807) is 24.3 Å². The van der Waals surface area contributed by atoms with E-state index in [2.05, 4.69) is 5.10 Å². The molecule has 3 nitrogen and oxygen atoms in total. The van der Waals surface area contributed by atoms with Gasteiger partial charge in [0.25, 0.3) is 0 Å². The van der Waals surface area contributed by atoms with E-state index < -0.39 is 0 Å². The minimum atomic E-state index is 0.166. The number of hydrogen-bond acceptors (Lipinski definition) is 3. The fourth-order valence-electron chi connectivity index (χ4n) is 1.63. The molecule has 0 aromatic heterocycles. The van der Waals surface area contributed by atoms with Crippen molar-refractivity contribution in [2.75, 3.05) is 0 Å². The Hall–Kier alpha value is -2.55. The summed E-state index contributed by atoms with van der Waals surface area (Å²) in [5, 5.41) is 13.4. The van der Waals surface area contributed by atoms with Crippen LogP contribution < -0.4 is 5.84 Å². The lowest BCUT2D eigenvalue weighted by molar-refractivity contribution is 0.474. The van der Waals surface area contributed by atoms with Gasteiger partial charge in [-0.2, -0.15) is 5.10 Å². The lowest BCUT2D eigenvalue weighted by Crippen LogP contribution is -2.00. The van der Waals surface area contributed by atoms with Crippen LogP contribution in [-0.4, -0.2) is 10.8 Å². The summed E-state index contributed by atoms with van der Waals surface area (Å²) in [6.07, 6.45) is 3.68. The van der Waals surface area contributed by atoms with Crippen LogP contribution in [0.2, 0.25) is 0 Å². The first-order valence-electron chi connectivity index (χ1n) is 5.60. The van der Waals surface area contributed by atoms with Crippen molar-refractivity contribution >= 4 is 11.8 Å². The molecule has 0 aliphatic heterocycles. The summed E-state index contributed by atoms with van der Waals surface area (Å²) in [5.41, 5.74) is 2.21. The summed E-state index contributed by atoms with van der Waals surface area (Å²) < 4.78 is 0. The Balaban J connectivity index is 2.27. The molecule has 0 saturated carbocycles. The Morgan fingerprint density at radius 2 is 1.67 bits per heavy atom. The predicted octanol–water partition coefficient (Wildman–Crippen LogP) is 2.77. The maximum absolute atomic E-state index is 9.74. The van der Waals surface area contributed by atoms with Crippen molar-refractivity contribution < 1.29 is 5.11 Å². The molecule has 3 N–H and O–H groups in total. The van der Waals surface area contributed by atoms with Crippen molar-refractivity contribution in [3.05, 3.63) is 71.8 Å². The summed E-state index contributed by atoms with van der Waals surface area (Å²) in [6.45, 7) is 0. The van der Waals surface area contributed by atoms with Gasteiger partial charge in [0.2, 0.25) is 0 Å². The molecular formula is C15H14N2O. The van der Waals surface area contributed by atoms with Crippen LogP contribution in [0.4, 0.5) is 0 Å². The van der Waals surface area contributed by atoms with E-state index in [0.717, 1.165) is 5.56 Å². The Kier molecular flexibility index (Phi) is 3.76. The van der Waals surface area contributed by atoms with Crippen molar-refractivity contribution in [1.82, 2.24) is 0 Å². The van der Waals surface area contributed by atoms with Crippen molar-refractivity contribution in [2.45, 2.75) is 0 Å². The van der Waals surface area contributed by atoms with Crippen LogP contribution in [-0.2, 0) is 0 Å². The van der Waals surface area contributed by atoms with Crippen molar-refractivity contribution in [1.29, 1.82) is 0 Å². The molecule has 18 heavy (non-hydrogen) atoms. The number of rotatable bonds is 3. The lowest BCUT2D eigenvalue weighted by Gasteiger charge is -2.02. The molecule has 2 aromatic rings.